The number of rotatable bonds is 5. The molecule has 0 aliphatic carbocycles. The molecule has 1 aliphatic rings. The Balaban J connectivity index is 2.85. The van der Waals surface area contributed by atoms with E-state index in [1.54, 1.807) is 0 Å². The molecule has 3 nitrogen and oxygen atoms in total. The molecule has 20 heavy (non-hydrogen) atoms. The lowest BCUT2D eigenvalue weighted by Gasteiger charge is -2.45. The Labute approximate surface area is 126 Å². The van der Waals surface area contributed by atoms with E-state index in [1.165, 1.54) is 12.8 Å². The summed E-state index contributed by atoms with van der Waals surface area (Å²) in [5.41, 5.74) is 6.90. The van der Waals surface area contributed by atoms with Gasteiger partial charge in [0, 0.05) is 6.42 Å². The molecule has 1 rings (SSSR count). The normalized spacial score (nSPS) is 36.8. The highest BCUT2D eigenvalue weighted by atomic mass is 28.5. The van der Waals surface area contributed by atoms with E-state index in [0.29, 0.717) is 0 Å². The molecule has 112 valence electrons. The van der Waals surface area contributed by atoms with Gasteiger partial charge in [0.05, 0.1) is 0 Å². The minimum Gasteiger partial charge on any atom is -0.410 e. The predicted octanol–water partition coefficient (Wildman–Crippen LogP) is 3.84. The van der Waals surface area contributed by atoms with Gasteiger partial charge in [0.15, 0.2) is 0 Å². The van der Waals surface area contributed by atoms with Crippen LogP contribution in [0.5, 0.6) is 0 Å². The van der Waals surface area contributed by atoms with E-state index in [1.807, 2.05) is 31.0 Å². The van der Waals surface area contributed by atoms with Gasteiger partial charge in [-0.2, -0.15) is 0 Å². The zero-order valence-electron chi connectivity index (χ0n) is 13.1. The van der Waals surface area contributed by atoms with E-state index in [9.17, 15) is 0 Å². The average molecular weight is 327 g/mol. The van der Waals surface area contributed by atoms with Crippen molar-refractivity contribution in [1.82, 2.24) is 0 Å². The Hall–Kier alpha value is -0.429. The molecule has 2 atom stereocenters. The Bertz CT molecular complexity index is 407. The summed E-state index contributed by atoms with van der Waals surface area (Å²) in [4.78, 5) is 0. The van der Waals surface area contributed by atoms with E-state index in [0.717, 1.165) is 12.8 Å². The molecule has 1 aliphatic heterocycles. The van der Waals surface area contributed by atoms with Gasteiger partial charge in [-0.05, 0) is 26.1 Å². The molecule has 0 aromatic rings. The van der Waals surface area contributed by atoms with Gasteiger partial charge < -0.3 is 12.3 Å². The van der Waals surface area contributed by atoms with Crippen LogP contribution in [-0.2, 0) is 12.3 Å². The minimum atomic E-state index is -2.51. The van der Waals surface area contributed by atoms with Crippen molar-refractivity contribution >= 4 is 25.7 Å². The quantitative estimate of drug-likeness (QED) is 0.436. The second-order valence-electron chi connectivity index (χ2n) is 5.45. The first-order chi connectivity index (χ1) is 9.30. The molecule has 0 N–H and O–H groups in total. The molecule has 1 fully saturated rings. The van der Waals surface area contributed by atoms with Crippen molar-refractivity contribution in [2.75, 3.05) is 0 Å². The van der Waals surface area contributed by atoms with Crippen LogP contribution in [0.15, 0.2) is 24.6 Å². The largest absolute Gasteiger partial charge is 0.410 e. The van der Waals surface area contributed by atoms with Crippen LogP contribution in [0.1, 0.15) is 32.6 Å². The maximum atomic E-state index is 6.14. The summed E-state index contributed by atoms with van der Waals surface area (Å²) in [6.07, 6.45) is 4.47. The van der Waals surface area contributed by atoms with Gasteiger partial charge in [-0.15, -0.1) is 19.1 Å². The van der Waals surface area contributed by atoms with Crippen LogP contribution in [0, 0.1) is 11.5 Å². The molecule has 0 radical (unpaired) electrons. The zero-order valence-corrected chi connectivity index (χ0v) is 16.1. The summed E-state index contributed by atoms with van der Waals surface area (Å²) in [7, 11) is -7.29. The van der Waals surface area contributed by atoms with Gasteiger partial charge in [0.25, 0.3) is 0 Å². The maximum absolute atomic E-state index is 6.14. The van der Waals surface area contributed by atoms with E-state index in [4.69, 9.17) is 12.3 Å². The lowest BCUT2D eigenvalue weighted by Crippen LogP contribution is -2.66. The fourth-order valence-electron chi connectivity index (χ4n) is 2.14. The van der Waals surface area contributed by atoms with Gasteiger partial charge >= 0.3 is 25.7 Å². The molecule has 0 amide bonds. The van der Waals surface area contributed by atoms with Gasteiger partial charge in [-0.1, -0.05) is 36.7 Å². The van der Waals surface area contributed by atoms with Crippen LogP contribution >= 0.6 is 0 Å². The van der Waals surface area contributed by atoms with Crippen LogP contribution < -0.4 is 0 Å². The molecule has 0 aromatic heterocycles. The van der Waals surface area contributed by atoms with Gasteiger partial charge in [-0.3, -0.25) is 0 Å². The van der Waals surface area contributed by atoms with Crippen LogP contribution in [0.4, 0.5) is 0 Å². The topological polar surface area (TPSA) is 27.7 Å². The SMILES string of the molecule is C=C[Si]1(C)O[Si](C)(C#CCCCCC)O[Si](C)(C=C)O1. The van der Waals surface area contributed by atoms with Crippen molar-refractivity contribution in [3.63, 3.8) is 0 Å². The summed E-state index contributed by atoms with van der Waals surface area (Å²) in [5, 5.41) is 0. The van der Waals surface area contributed by atoms with Crippen molar-refractivity contribution < 1.29 is 12.3 Å². The Kier molecular flexibility index (Phi) is 6.19. The number of hydrogen-bond acceptors (Lipinski definition) is 3. The molecule has 6 heteroatoms. The summed E-state index contributed by atoms with van der Waals surface area (Å²) in [6, 6.07) is 0. The fraction of sp³-hybridized carbons (Fsp3) is 0.571. The molecule has 0 aromatic carbocycles. The van der Waals surface area contributed by atoms with E-state index < -0.39 is 25.7 Å². The first-order valence-corrected chi connectivity index (χ1v) is 14.3. The average Bonchev–Trinajstić information content (AvgIpc) is 2.37. The molecular formula is C14H26O3Si3. The van der Waals surface area contributed by atoms with Crippen molar-refractivity contribution in [1.29, 1.82) is 0 Å². The third-order valence-electron chi connectivity index (χ3n) is 3.16. The third-order valence-corrected chi connectivity index (χ3v) is 14.9. The van der Waals surface area contributed by atoms with Gasteiger partial charge in [-0.25, -0.2) is 0 Å². The highest BCUT2D eigenvalue weighted by molar-refractivity contribution is 6.99. The van der Waals surface area contributed by atoms with E-state index >= 15 is 0 Å². The third kappa shape index (κ3) is 4.84. The summed E-state index contributed by atoms with van der Waals surface area (Å²) in [5.74, 6) is 3.24. The number of hydrogen-bond donors (Lipinski definition) is 0. The molecule has 2 unspecified atom stereocenters. The molecule has 0 spiro atoms. The Morgan fingerprint density at radius 2 is 1.50 bits per heavy atom. The lowest BCUT2D eigenvalue weighted by atomic mass is 10.2. The highest BCUT2D eigenvalue weighted by Gasteiger charge is 2.54. The fourth-order valence-corrected chi connectivity index (χ4v) is 15.4. The Morgan fingerprint density at radius 1 is 0.950 bits per heavy atom. The van der Waals surface area contributed by atoms with Crippen LogP contribution in [0.3, 0.4) is 0 Å². The van der Waals surface area contributed by atoms with Crippen molar-refractivity contribution in [3.05, 3.63) is 24.6 Å². The van der Waals surface area contributed by atoms with Crippen molar-refractivity contribution in [3.8, 4) is 11.5 Å². The van der Waals surface area contributed by atoms with Crippen molar-refractivity contribution in [2.45, 2.75) is 52.2 Å². The molecule has 0 bridgehead atoms. The molecule has 0 saturated carbocycles. The second-order valence-corrected chi connectivity index (χ2v) is 14.9. The van der Waals surface area contributed by atoms with Crippen LogP contribution in [-0.4, -0.2) is 25.7 Å². The smallest absolute Gasteiger partial charge is 0.403 e. The first-order valence-electron chi connectivity index (χ1n) is 7.18. The highest BCUT2D eigenvalue weighted by Crippen LogP contribution is 2.31. The lowest BCUT2D eigenvalue weighted by molar-refractivity contribution is 0.252. The standard InChI is InChI=1S/C14H26O3Si3/c1-7-10-11-12-13-14-20(6)16-18(4,8-2)15-19(5,9-3)17-20/h8-9H,2-3,7,10-12H2,1,4-6H3. The van der Waals surface area contributed by atoms with E-state index in [-0.39, 0.29) is 0 Å². The van der Waals surface area contributed by atoms with Crippen LogP contribution in [0.2, 0.25) is 19.6 Å². The molecule has 1 saturated heterocycles. The van der Waals surface area contributed by atoms with Crippen LogP contribution in [0.25, 0.3) is 0 Å². The molecule has 1 heterocycles. The van der Waals surface area contributed by atoms with Gasteiger partial charge in [0.1, 0.15) is 0 Å². The van der Waals surface area contributed by atoms with Crippen molar-refractivity contribution in [2.24, 2.45) is 0 Å². The first kappa shape index (κ1) is 17.6. The zero-order chi connectivity index (χ0) is 15.3. The van der Waals surface area contributed by atoms with Gasteiger partial charge in [0.2, 0.25) is 0 Å². The van der Waals surface area contributed by atoms with E-state index in [2.05, 4.69) is 31.5 Å². The summed E-state index contributed by atoms with van der Waals surface area (Å²) in [6.45, 7) is 15.9. The summed E-state index contributed by atoms with van der Waals surface area (Å²) >= 11 is 0. The summed E-state index contributed by atoms with van der Waals surface area (Å²) < 4.78 is 18.4. The molecular weight excluding hydrogens is 300 g/mol. The minimum absolute atomic E-state index is 0.905. The Morgan fingerprint density at radius 3 is 1.95 bits per heavy atom. The number of unbranched alkanes of at least 4 members (excludes halogenated alkanes) is 3. The predicted molar refractivity (Wildman–Crippen MR) is 90.4 cm³/mol. The monoisotopic (exact) mass is 326 g/mol. The second kappa shape index (κ2) is 7.02. The maximum Gasteiger partial charge on any atom is 0.403 e.